The van der Waals surface area contributed by atoms with Crippen LogP contribution in [0.4, 0.5) is 13.2 Å². The normalized spacial score (nSPS) is 25.3. The molecule has 2 aliphatic rings. The highest BCUT2D eigenvalue weighted by molar-refractivity contribution is 4.90. The second kappa shape index (κ2) is 5.95. The number of alkyl halides is 3. The molecule has 19 heavy (non-hydrogen) atoms. The second-order valence-electron chi connectivity index (χ2n) is 5.63. The standard InChI is InChI=1S/C12H22F3N3O/c1-11(8-16-9-11)19-7-6-17-2-4-18(5-3-17)10-12(13,14)15/h16H,2-10H2,1H3. The lowest BCUT2D eigenvalue weighted by molar-refractivity contribution is -0.149. The minimum absolute atomic E-state index is 0.0435. The van der Waals surface area contributed by atoms with Gasteiger partial charge in [0.25, 0.3) is 0 Å². The van der Waals surface area contributed by atoms with Crippen LogP contribution >= 0.6 is 0 Å². The van der Waals surface area contributed by atoms with Crippen molar-refractivity contribution < 1.29 is 17.9 Å². The number of rotatable bonds is 5. The van der Waals surface area contributed by atoms with Crippen molar-refractivity contribution in [2.45, 2.75) is 18.7 Å². The van der Waals surface area contributed by atoms with Gasteiger partial charge >= 0.3 is 6.18 Å². The Labute approximate surface area is 111 Å². The van der Waals surface area contributed by atoms with Crippen molar-refractivity contribution in [3.05, 3.63) is 0 Å². The van der Waals surface area contributed by atoms with E-state index in [1.807, 2.05) is 0 Å². The molecular weight excluding hydrogens is 259 g/mol. The van der Waals surface area contributed by atoms with Crippen molar-refractivity contribution in [1.82, 2.24) is 15.1 Å². The number of piperazine rings is 1. The van der Waals surface area contributed by atoms with Crippen molar-refractivity contribution >= 4 is 0 Å². The summed E-state index contributed by atoms with van der Waals surface area (Å²) in [5.41, 5.74) is -0.0435. The van der Waals surface area contributed by atoms with E-state index in [1.54, 1.807) is 0 Å². The van der Waals surface area contributed by atoms with E-state index >= 15 is 0 Å². The van der Waals surface area contributed by atoms with E-state index in [0.29, 0.717) is 32.8 Å². The summed E-state index contributed by atoms with van der Waals surface area (Å²) in [5, 5.41) is 3.17. The van der Waals surface area contributed by atoms with Gasteiger partial charge in [-0.15, -0.1) is 0 Å². The summed E-state index contributed by atoms with van der Waals surface area (Å²) in [6, 6.07) is 0. The highest BCUT2D eigenvalue weighted by atomic mass is 19.4. The summed E-state index contributed by atoms with van der Waals surface area (Å²) in [6.07, 6.45) is -4.09. The first-order valence-corrected chi connectivity index (χ1v) is 6.72. The summed E-state index contributed by atoms with van der Waals surface area (Å²) >= 11 is 0. The number of halogens is 3. The molecule has 2 saturated heterocycles. The lowest BCUT2D eigenvalue weighted by Crippen LogP contribution is -2.59. The first-order valence-electron chi connectivity index (χ1n) is 6.72. The van der Waals surface area contributed by atoms with Crippen LogP contribution in [0.3, 0.4) is 0 Å². The number of hydrogen-bond donors (Lipinski definition) is 1. The summed E-state index contributed by atoms with van der Waals surface area (Å²) in [4.78, 5) is 3.64. The maximum Gasteiger partial charge on any atom is 0.401 e. The first-order chi connectivity index (χ1) is 8.86. The Bertz CT molecular complexity index is 286. The van der Waals surface area contributed by atoms with Crippen LogP contribution in [0.5, 0.6) is 0 Å². The molecule has 0 saturated carbocycles. The number of ether oxygens (including phenoxy) is 1. The van der Waals surface area contributed by atoms with E-state index in [2.05, 4.69) is 17.1 Å². The molecular formula is C12H22F3N3O. The molecule has 0 radical (unpaired) electrons. The zero-order chi connectivity index (χ0) is 13.9. The van der Waals surface area contributed by atoms with E-state index in [-0.39, 0.29) is 5.60 Å². The maximum absolute atomic E-state index is 12.2. The zero-order valence-electron chi connectivity index (χ0n) is 11.3. The molecule has 1 N–H and O–H groups in total. The van der Waals surface area contributed by atoms with E-state index in [1.165, 1.54) is 4.90 Å². The van der Waals surface area contributed by atoms with Crippen molar-refractivity contribution in [2.24, 2.45) is 0 Å². The quantitative estimate of drug-likeness (QED) is 0.796. The van der Waals surface area contributed by atoms with Crippen LogP contribution in [-0.2, 0) is 4.74 Å². The lowest BCUT2D eigenvalue weighted by atomic mass is 10.0. The van der Waals surface area contributed by atoms with Gasteiger partial charge in [0.05, 0.1) is 18.8 Å². The predicted octanol–water partition coefficient (Wildman–Crippen LogP) is 0.545. The molecule has 112 valence electrons. The molecule has 2 rings (SSSR count). The van der Waals surface area contributed by atoms with Crippen molar-refractivity contribution in [3.63, 3.8) is 0 Å². The molecule has 4 nitrogen and oxygen atoms in total. The highest BCUT2D eigenvalue weighted by Gasteiger charge is 2.33. The fourth-order valence-electron chi connectivity index (χ4n) is 2.42. The van der Waals surface area contributed by atoms with Crippen LogP contribution in [-0.4, -0.2) is 80.5 Å². The largest absolute Gasteiger partial charge is 0.401 e. The molecule has 0 atom stereocenters. The van der Waals surface area contributed by atoms with Gasteiger partial charge in [-0.05, 0) is 6.92 Å². The lowest BCUT2D eigenvalue weighted by Gasteiger charge is -2.40. The Morgan fingerprint density at radius 3 is 2.16 bits per heavy atom. The van der Waals surface area contributed by atoms with Gasteiger partial charge in [-0.25, -0.2) is 0 Å². The molecule has 0 unspecified atom stereocenters. The van der Waals surface area contributed by atoms with Crippen molar-refractivity contribution in [1.29, 1.82) is 0 Å². The van der Waals surface area contributed by atoms with E-state index < -0.39 is 12.7 Å². The van der Waals surface area contributed by atoms with Gasteiger partial charge in [0.2, 0.25) is 0 Å². The van der Waals surface area contributed by atoms with Gasteiger partial charge in [0.1, 0.15) is 0 Å². The van der Waals surface area contributed by atoms with Gasteiger partial charge < -0.3 is 10.1 Å². The number of nitrogens with one attached hydrogen (secondary N) is 1. The molecule has 0 aromatic rings. The molecule has 0 amide bonds. The number of hydrogen-bond acceptors (Lipinski definition) is 4. The summed E-state index contributed by atoms with van der Waals surface area (Å²) in [7, 11) is 0. The first kappa shape index (κ1) is 15.0. The predicted molar refractivity (Wildman–Crippen MR) is 66.2 cm³/mol. The van der Waals surface area contributed by atoms with Gasteiger partial charge in [0, 0.05) is 45.8 Å². The summed E-state index contributed by atoms with van der Waals surface area (Å²) in [6.45, 7) is 6.84. The van der Waals surface area contributed by atoms with Crippen LogP contribution in [0.2, 0.25) is 0 Å². The SMILES string of the molecule is CC1(OCCN2CCN(CC(F)(F)F)CC2)CNC1. The average molecular weight is 281 g/mol. The van der Waals surface area contributed by atoms with Crippen molar-refractivity contribution in [3.8, 4) is 0 Å². The summed E-state index contributed by atoms with van der Waals surface area (Å²) in [5.74, 6) is 0. The fraction of sp³-hybridized carbons (Fsp3) is 1.00. The third-order valence-corrected chi connectivity index (χ3v) is 3.72. The van der Waals surface area contributed by atoms with Gasteiger partial charge in [-0.3, -0.25) is 9.80 Å². The molecule has 0 bridgehead atoms. The zero-order valence-corrected chi connectivity index (χ0v) is 11.3. The van der Waals surface area contributed by atoms with Crippen LogP contribution in [0.1, 0.15) is 6.92 Å². The fourth-order valence-corrected chi connectivity index (χ4v) is 2.42. The van der Waals surface area contributed by atoms with Crippen LogP contribution in [0.15, 0.2) is 0 Å². The molecule has 0 aromatic carbocycles. The van der Waals surface area contributed by atoms with Crippen LogP contribution < -0.4 is 5.32 Å². The minimum Gasteiger partial charge on any atom is -0.371 e. The Hall–Kier alpha value is -0.370. The van der Waals surface area contributed by atoms with Gasteiger partial charge in [0.15, 0.2) is 0 Å². The summed E-state index contributed by atoms with van der Waals surface area (Å²) < 4.78 is 42.5. The van der Waals surface area contributed by atoms with Crippen molar-refractivity contribution in [2.75, 3.05) is 59.0 Å². The molecule has 2 heterocycles. The van der Waals surface area contributed by atoms with Crippen LogP contribution in [0, 0.1) is 0 Å². The average Bonchev–Trinajstić information content (AvgIpc) is 2.27. The highest BCUT2D eigenvalue weighted by Crippen LogP contribution is 2.18. The molecule has 0 aromatic heterocycles. The second-order valence-corrected chi connectivity index (χ2v) is 5.63. The van der Waals surface area contributed by atoms with E-state index in [9.17, 15) is 13.2 Å². The monoisotopic (exact) mass is 281 g/mol. The Balaban J connectivity index is 1.58. The number of nitrogens with zero attached hydrogens (tertiary/aromatic N) is 2. The van der Waals surface area contributed by atoms with Gasteiger partial charge in [-0.2, -0.15) is 13.2 Å². The Morgan fingerprint density at radius 1 is 1.11 bits per heavy atom. The molecule has 0 spiro atoms. The topological polar surface area (TPSA) is 27.7 Å². The van der Waals surface area contributed by atoms with E-state index in [0.717, 1.165) is 19.6 Å². The molecule has 2 fully saturated rings. The third-order valence-electron chi connectivity index (χ3n) is 3.72. The molecule has 7 heteroatoms. The third kappa shape index (κ3) is 4.91. The van der Waals surface area contributed by atoms with E-state index in [4.69, 9.17) is 4.74 Å². The Morgan fingerprint density at radius 2 is 1.68 bits per heavy atom. The van der Waals surface area contributed by atoms with Gasteiger partial charge in [-0.1, -0.05) is 0 Å². The maximum atomic E-state index is 12.2. The minimum atomic E-state index is -4.09. The Kier molecular flexibility index (Phi) is 4.70. The molecule has 0 aliphatic carbocycles. The molecule has 2 aliphatic heterocycles. The van der Waals surface area contributed by atoms with Crippen LogP contribution in [0.25, 0.3) is 0 Å². The smallest absolute Gasteiger partial charge is 0.371 e.